The minimum Gasteiger partial charge on any atom is -0.356 e. The molecule has 1 aromatic heterocycles. The fraction of sp³-hybridized carbons (Fsp3) is 0.615. The number of rotatable bonds is 6. The van der Waals surface area contributed by atoms with Crippen LogP contribution in [0.1, 0.15) is 36.9 Å². The summed E-state index contributed by atoms with van der Waals surface area (Å²) in [6, 6.07) is 0. The molecule has 0 saturated heterocycles. The summed E-state index contributed by atoms with van der Waals surface area (Å²) in [6.07, 6.45) is 4.49. The number of amides is 1. The lowest BCUT2D eigenvalue weighted by Gasteiger charge is -2.06. The Labute approximate surface area is 122 Å². The zero-order valence-electron chi connectivity index (χ0n) is 11.5. The Bertz CT molecular complexity index is 661. The molecule has 7 nitrogen and oxygen atoms in total. The lowest BCUT2D eigenvalue weighted by molar-refractivity contribution is -0.121. The fourth-order valence-electron chi connectivity index (χ4n) is 2.26. The van der Waals surface area contributed by atoms with Crippen molar-refractivity contribution in [2.24, 2.45) is 5.92 Å². The largest absolute Gasteiger partial charge is 0.356 e. The molecule has 0 bridgehead atoms. The number of aromatic nitrogens is 2. The maximum absolute atomic E-state index is 11.7. The zero-order chi connectivity index (χ0) is 14.9. The number of nitrogens with one attached hydrogen (secondary N) is 1. The lowest BCUT2D eigenvalue weighted by Crippen LogP contribution is -2.28. The summed E-state index contributed by atoms with van der Waals surface area (Å²) >= 11 is 0. The number of allylic oxidation sites excluding steroid dienone is 1. The third-order valence-corrected chi connectivity index (χ3v) is 5.00. The fourth-order valence-corrected chi connectivity index (χ4v) is 3.66. The van der Waals surface area contributed by atoms with Crippen LogP contribution in [0.15, 0.2) is 16.0 Å². The first-order valence-electron chi connectivity index (χ1n) is 7.02. The lowest BCUT2D eigenvalue weighted by atomic mass is 10.1. The third-order valence-electron chi connectivity index (χ3n) is 3.54. The molecule has 0 radical (unpaired) electrons. The molecule has 3 rings (SSSR count). The summed E-state index contributed by atoms with van der Waals surface area (Å²) in [7, 11) is -3.10. The minimum absolute atomic E-state index is 0.0226. The molecule has 1 N–H and O–H groups in total. The van der Waals surface area contributed by atoms with Gasteiger partial charge >= 0.3 is 0 Å². The van der Waals surface area contributed by atoms with E-state index in [4.69, 9.17) is 4.52 Å². The van der Waals surface area contributed by atoms with E-state index in [1.165, 1.54) is 5.41 Å². The van der Waals surface area contributed by atoms with E-state index in [-0.39, 0.29) is 24.0 Å². The van der Waals surface area contributed by atoms with Crippen LogP contribution in [-0.4, -0.2) is 36.8 Å². The summed E-state index contributed by atoms with van der Waals surface area (Å²) in [5.41, 5.74) is 0. The van der Waals surface area contributed by atoms with Crippen molar-refractivity contribution in [3.05, 3.63) is 23.2 Å². The number of hydrogen-bond acceptors (Lipinski definition) is 6. The van der Waals surface area contributed by atoms with Gasteiger partial charge in [0.25, 0.3) is 0 Å². The van der Waals surface area contributed by atoms with Crippen molar-refractivity contribution in [3.63, 3.8) is 0 Å². The molecular weight excluding hydrogens is 294 g/mol. The molecule has 1 aliphatic carbocycles. The van der Waals surface area contributed by atoms with Gasteiger partial charge in [-0.05, 0) is 12.8 Å². The highest BCUT2D eigenvalue weighted by Gasteiger charge is 2.28. The number of nitrogens with zero attached hydrogens (tertiary/aromatic N) is 2. The van der Waals surface area contributed by atoms with Gasteiger partial charge in [-0.1, -0.05) is 11.2 Å². The Kier molecular flexibility index (Phi) is 3.79. The van der Waals surface area contributed by atoms with Gasteiger partial charge < -0.3 is 9.84 Å². The average Bonchev–Trinajstić information content (AvgIpc) is 3.06. The van der Waals surface area contributed by atoms with Gasteiger partial charge in [-0.2, -0.15) is 4.98 Å². The van der Waals surface area contributed by atoms with Crippen LogP contribution in [0.2, 0.25) is 0 Å². The summed E-state index contributed by atoms with van der Waals surface area (Å²) in [6.45, 7) is 0.411. The second-order valence-electron chi connectivity index (χ2n) is 5.54. The van der Waals surface area contributed by atoms with E-state index in [9.17, 15) is 13.2 Å². The molecule has 8 heteroatoms. The Hall–Kier alpha value is -1.70. The Balaban J connectivity index is 1.38. The Morgan fingerprint density at radius 2 is 2.24 bits per heavy atom. The first kappa shape index (κ1) is 14.2. The summed E-state index contributed by atoms with van der Waals surface area (Å²) in [5.74, 6) is 1.38. The number of carbonyl (C=O) groups is 1. The minimum atomic E-state index is -3.10. The molecule has 0 spiro atoms. The van der Waals surface area contributed by atoms with Crippen LogP contribution >= 0.6 is 0 Å². The number of sulfone groups is 1. The molecule has 1 saturated carbocycles. The van der Waals surface area contributed by atoms with Crippen molar-refractivity contribution >= 4 is 15.7 Å². The normalized spacial score (nSPS) is 23.3. The topological polar surface area (TPSA) is 102 Å². The molecule has 1 fully saturated rings. The Morgan fingerprint density at radius 3 is 2.90 bits per heavy atom. The molecule has 1 aliphatic heterocycles. The molecule has 114 valence electrons. The number of carbonyl (C=O) groups excluding carboxylic acids is 1. The van der Waals surface area contributed by atoms with Crippen molar-refractivity contribution in [1.82, 2.24) is 15.5 Å². The predicted molar refractivity (Wildman–Crippen MR) is 74.0 cm³/mol. The van der Waals surface area contributed by atoms with Crippen LogP contribution in [0, 0.1) is 5.92 Å². The highest BCUT2D eigenvalue weighted by molar-refractivity contribution is 7.94. The molecule has 2 aliphatic rings. The van der Waals surface area contributed by atoms with Crippen LogP contribution in [0.3, 0.4) is 0 Å². The SMILES string of the molecule is O=C(CC1C=CS(=O)(=O)C1)NCCc1nc(C2CC2)no1. The second kappa shape index (κ2) is 5.59. The molecule has 0 aromatic carbocycles. The van der Waals surface area contributed by atoms with Crippen LogP contribution < -0.4 is 5.32 Å². The third kappa shape index (κ3) is 3.90. The monoisotopic (exact) mass is 311 g/mol. The molecule has 21 heavy (non-hydrogen) atoms. The van der Waals surface area contributed by atoms with Gasteiger partial charge in [-0.15, -0.1) is 0 Å². The van der Waals surface area contributed by atoms with Crippen molar-refractivity contribution in [2.45, 2.75) is 31.6 Å². The van der Waals surface area contributed by atoms with E-state index in [2.05, 4.69) is 15.5 Å². The first-order valence-corrected chi connectivity index (χ1v) is 8.73. The van der Waals surface area contributed by atoms with E-state index in [0.29, 0.717) is 24.8 Å². The van der Waals surface area contributed by atoms with E-state index in [1.54, 1.807) is 6.08 Å². The van der Waals surface area contributed by atoms with Crippen LogP contribution in [-0.2, 0) is 21.1 Å². The summed E-state index contributed by atoms with van der Waals surface area (Å²) in [5, 5.41) is 7.83. The first-order chi connectivity index (χ1) is 10.0. The smallest absolute Gasteiger partial charge is 0.228 e. The maximum atomic E-state index is 11.7. The molecule has 2 heterocycles. The Morgan fingerprint density at radius 1 is 1.43 bits per heavy atom. The molecule has 1 aromatic rings. The molecule has 1 amide bonds. The standard InChI is InChI=1S/C13H17N3O4S/c17-11(7-9-4-6-21(18,19)8-9)14-5-3-12-15-13(16-20-12)10-1-2-10/h4,6,9-10H,1-3,5,7-8H2,(H,14,17). The van der Waals surface area contributed by atoms with E-state index in [1.807, 2.05) is 0 Å². The van der Waals surface area contributed by atoms with Crippen molar-refractivity contribution in [1.29, 1.82) is 0 Å². The van der Waals surface area contributed by atoms with Crippen molar-refractivity contribution < 1.29 is 17.7 Å². The predicted octanol–water partition coefficient (Wildman–Crippen LogP) is 0.554. The van der Waals surface area contributed by atoms with Gasteiger partial charge in [-0.3, -0.25) is 4.79 Å². The second-order valence-corrected chi connectivity index (χ2v) is 7.47. The number of hydrogen-bond donors (Lipinski definition) is 1. The van der Waals surface area contributed by atoms with Crippen molar-refractivity contribution in [3.8, 4) is 0 Å². The highest BCUT2D eigenvalue weighted by Crippen LogP contribution is 2.38. The van der Waals surface area contributed by atoms with E-state index < -0.39 is 9.84 Å². The van der Waals surface area contributed by atoms with Gasteiger partial charge in [0, 0.05) is 36.6 Å². The van der Waals surface area contributed by atoms with Gasteiger partial charge in [-0.25, -0.2) is 8.42 Å². The highest BCUT2D eigenvalue weighted by atomic mass is 32.2. The summed E-state index contributed by atoms with van der Waals surface area (Å²) < 4.78 is 27.6. The quantitative estimate of drug-likeness (QED) is 0.823. The van der Waals surface area contributed by atoms with Crippen LogP contribution in [0.5, 0.6) is 0 Å². The van der Waals surface area contributed by atoms with Crippen LogP contribution in [0.25, 0.3) is 0 Å². The molecular formula is C13H17N3O4S. The molecule has 1 atom stereocenters. The maximum Gasteiger partial charge on any atom is 0.228 e. The van der Waals surface area contributed by atoms with Gasteiger partial charge in [0.1, 0.15) is 0 Å². The summed E-state index contributed by atoms with van der Waals surface area (Å²) in [4.78, 5) is 16.0. The van der Waals surface area contributed by atoms with Crippen molar-refractivity contribution in [2.75, 3.05) is 12.3 Å². The average molecular weight is 311 g/mol. The van der Waals surface area contributed by atoms with Gasteiger partial charge in [0.05, 0.1) is 5.75 Å². The zero-order valence-corrected chi connectivity index (χ0v) is 12.3. The van der Waals surface area contributed by atoms with Gasteiger partial charge in [0.15, 0.2) is 15.7 Å². The van der Waals surface area contributed by atoms with E-state index in [0.717, 1.165) is 18.7 Å². The van der Waals surface area contributed by atoms with E-state index >= 15 is 0 Å². The molecule has 1 unspecified atom stereocenters. The van der Waals surface area contributed by atoms with Crippen LogP contribution in [0.4, 0.5) is 0 Å². The van der Waals surface area contributed by atoms with Gasteiger partial charge in [0.2, 0.25) is 11.8 Å².